The molecule has 0 saturated carbocycles. The van der Waals surface area contributed by atoms with Crippen LogP contribution in [0.2, 0.25) is 5.02 Å². The van der Waals surface area contributed by atoms with Crippen molar-refractivity contribution >= 4 is 11.6 Å². The van der Waals surface area contributed by atoms with Gasteiger partial charge >= 0.3 is 0 Å². The fourth-order valence-corrected chi connectivity index (χ4v) is 1.48. The maximum atomic E-state index is 13.8. The van der Waals surface area contributed by atoms with E-state index in [1.807, 2.05) is 0 Å². The van der Waals surface area contributed by atoms with E-state index in [9.17, 15) is 4.39 Å². The van der Waals surface area contributed by atoms with Gasteiger partial charge in [0.2, 0.25) is 0 Å². The average molecular weight is 238 g/mol. The van der Waals surface area contributed by atoms with Crippen molar-refractivity contribution in [1.29, 1.82) is 0 Å². The Morgan fingerprint density at radius 3 is 2.50 bits per heavy atom. The van der Waals surface area contributed by atoms with Crippen molar-refractivity contribution in [2.24, 2.45) is 5.73 Å². The average Bonchev–Trinajstić information content (AvgIpc) is 2.31. The lowest BCUT2D eigenvalue weighted by molar-refractivity contribution is 0.596. The monoisotopic (exact) mass is 237 g/mol. The zero-order valence-corrected chi connectivity index (χ0v) is 9.08. The molecule has 1 heterocycles. The van der Waals surface area contributed by atoms with Gasteiger partial charge in [0, 0.05) is 17.1 Å². The predicted octanol–water partition coefficient (Wildman–Crippen LogP) is 2.39. The number of nitrogens with zero attached hydrogens (tertiary/aromatic N) is 2. The van der Waals surface area contributed by atoms with Gasteiger partial charge in [-0.3, -0.25) is 0 Å². The van der Waals surface area contributed by atoms with Gasteiger partial charge in [0.1, 0.15) is 12.0 Å². The van der Waals surface area contributed by atoms with Crippen molar-refractivity contribution in [3.63, 3.8) is 0 Å². The highest BCUT2D eigenvalue weighted by Crippen LogP contribution is 2.22. The van der Waals surface area contributed by atoms with Crippen LogP contribution in [-0.2, 0) is 6.54 Å². The van der Waals surface area contributed by atoms with Crippen LogP contribution in [0.15, 0.2) is 30.6 Å². The zero-order valence-electron chi connectivity index (χ0n) is 8.32. The molecule has 1 aromatic heterocycles. The second kappa shape index (κ2) is 4.55. The Morgan fingerprint density at radius 1 is 1.19 bits per heavy atom. The number of halogens is 2. The van der Waals surface area contributed by atoms with Crippen molar-refractivity contribution in [3.05, 3.63) is 47.1 Å². The third kappa shape index (κ3) is 2.03. The number of benzene rings is 1. The van der Waals surface area contributed by atoms with Gasteiger partial charge in [0.15, 0.2) is 5.82 Å². The molecule has 0 saturated heterocycles. The first-order valence-corrected chi connectivity index (χ1v) is 5.05. The van der Waals surface area contributed by atoms with Gasteiger partial charge in [-0.2, -0.15) is 0 Å². The van der Waals surface area contributed by atoms with Gasteiger partial charge in [-0.15, -0.1) is 0 Å². The van der Waals surface area contributed by atoms with Gasteiger partial charge in [-0.05, 0) is 12.1 Å². The molecule has 0 aliphatic carbocycles. The highest BCUT2D eigenvalue weighted by atomic mass is 35.5. The molecule has 2 N–H and O–H groups in total. The Hall–Kier alpha value is -1.52. The van der Waals surface area contributed by atoms with E-state index in [0.29, 0.717) is 10.6 Å². The predicted molar refractivity (Wildman–Crippen MR) is 60.3 cm³/mol. The molecule has 2 rings (SSSR count). The molecule has 0 aliphatic heterocycles. The Balaban J connectivity index is 2.51. The first kappa shape index (κ1) is 11.0. The molecule has 1 aromatic carbocycles. The van der Waals surface area contributed by atoms with Gasteiger partial charge in [-0.25, -0.2) is 14.4 Å². The SMILES string of the molecule is NCc1ncnc(-c2ccc(Cl)cc2)c1F. The Morgan fingerprint density at radius 2 is 1.88 bits per heavy atom. The maximum absolute atomic E-state index is 13.8. The van der Waals surface area contributed by atoms with Crippen molar-refractivity contribution < 1.29 is 4.39 Å². The lowest BCUT2D eigenvalue weighted by Crippen LogP contribution is -2.05. The Kier molecular flexibility index (Phi) is 3.12. The smallest absolute Gasteiger partial charge is 0.172 e. The van der Waals surface area contributed by atoms with E-state index in [4.69, 9.17) is 17.3 Å². The van der Waals surface area contributed by atoms with Gasteiger partial charge in [0.25, 0.3) is 0 Å². The standard InChI is InChI=1S/C11H9ClFN3/c12-8-3-1-7(2-4-8)11-10(13)9(5-14)15-6-16-11/h1-4,6H,5,14H2. The molecule has 0 aliphatic rings. The lowest BCUT2D eigenvalue weighted by Gasteiger charge is -2.05. The van der Waals surface area contributed by atoms with E-state index in [2.05, 4.69) is 9.97 Å². The minimum Gasteiger partial charge on any atom is -0.325 e. The summed E-state index contributed by atoms with van der Waals surface area (Å²) >= 11 is 5.75. The van der Waals surface area contributed by atoms with E-state index in [1.165, 1.54) is 6.33 Å². The summed E-state index contributed by atoms with van der Waals surface area (Å²) in [5.74, 6) is -0.479. The molecular formula is C11H9ClFN3. The zero-order chi connectivity index (χ0) is 11.5. The molecule has 82 valence electrons. The van der Waals surface area contributed by atoms with E-state index in [-0.39, 0.29) is 17.9 Å². The van der Waals surface area contributed by atoms with E-state index < -0.39 is 5.82 Å². The summed E-state index contributed by atoms with van der Waals surface area (Å²) in [6, 6.07) is 6.77. The van der Waals surface area contributed by atoms with Crippen LogP contribution in [0.3, 0.4) is 0 Å². The van der Waals surface area contributed by atoms with E-state index in [1.54, 1.807) is 24.3 Å². The lowest BCUT2D eigenvalue weighted by atomic mass is 10.1. The number of nitrogens with two attached hydrogens (primary N) is 1. The minimum absolute atomic E-state index is 0.0505. The summed E-state index contributed by atoms with van der Waals surface area (Å²) < 4.78 is 13.8. The summed E-state index contributed by atoms with van der Waals surface area (Å²) in [5.41, 5.74) is 6.47. The summed E-state index contributed by atoms with van der Waals surface area (Å²) in [7, 11) is 0. The molecule has 0 amide bonds. The molecule has 0 unspecified atom stereocenters. The van der Waals surface area contributed by atoms with Crippen molar-refractivity contribution in [2.45, 2.75) is 6.54 Å². The molecule has 16 heavy (non-hydrogen) atoms. The molecule has 3 nitrogen and oxygen atoms in total. The van der Waals surface area contributed by atoms with Gasteiger partial charge < -0.3 is 5.73 Å². The highest BCUT2D eigenvalue weighted by molar-refractivity contribution is 6.30. The number of rotatable bonds is 2. The highest BCUT2D eigenvalue weighted by Gasteiger charge is 2.11. The molecule has 2 aromatic rings. The van der Waals surface area contributed by atoms with Crippen LogP contribution in [0.25, 0.3) is 11.3 Å². The van der Waals surface area contributed by atoms with Gasteiger partial charge in [0.05, 0.1) is 5.69 Å². The van der Waals surface area contributed by atoms with Crippen molar-refractivity contribution in [3.8, 4) is 11.3 Å². The van der Waals surface area contributed by atoms with Crippen LogP contribution >= 0.6 is 11.6 Å². The molecule has 0 fully saturated rings. The van der Waals surface area contributed by atoms with E-state index >= 15 is 0 Å². The summed E-state index contributed by atoms with van der Waals surface area (Å²) in [6.45, 7) is 0.0505. The van der Waals surface area contributed by atoms with E-state index in [0.717, 1.165) is 0 Å². The molecular weight excluding hydrogens is 229 g/mol. The third-order valence-corrected chi connectivity index (χ3v) is 2.42. The maximum Gasteiger partial charge on any atom is 0.172 e. The Labute approximate surface area is 97.1 Å². The van der Waals surface area contributed by atoms with Crippen molar-refractivity contribution in [2.75, 3.05) is 0 Å². The fraction of sp³-hybridized carbons (Fsp3) is 0.0909. The minimum atomic E-state index is -0.479. The largest absolute Gasteiger partial charge is 0.325 e. The summed E-state index contributed by atoms with van der Waals surface area (Å²) in [4.78, 5) is 7.67. The molecule has 5 heteroatoms. The molecule has 0 atom stereocenters. The topological polar surface area (TPSA) is 51.8 Å². The second-order valence-electron chi connectivity index (χ2n) is 3.19. The number of hydrogen-bond acceptors (Lipinski definition) is 3. The fourth-order valence-electron chi connectivity index (χ4n) is 1.36. The van der Waals surface area contributed by atoms with Crippen LogP contribution < -0.4 is 5.73 Å². The van der Waals surface area contributed by atoms with Crippen LogP contribution in [0.1, 0.15) is 5.69 Å². The quantitative estimate of drug-likeness (QED) is 0.873. The first-order chi connectivity index (χ1) is 7.72. The third-order valence-electron chi connectivity index (χ3n) is 2.17. The van der Waals surface area contributed by atoms with Crippen LogP contribution in [0.4, 0.5) is 4.39 Å². The number of aromatic nitrogens is 2. The van der Waals surface area contributed by atoms with Crippen LogP contribution in [-0.4, -0.2) is 9.97 Å². The summed E-state index contributed by atoms with van der Waals surface area (Å²) in [6.07, 6.45) is 1.30. The molecule has 0 spiro atoms. The first-order valence-electron chi connectivity index (χ1n) is 4.67. The van der Waals surface area contributed by atoms with Crippen molar-refractivity contribution in [1.82, 2.24) is 9.97 Å². The van der Waals surface area contributed by atoms with Crippen LogP contribution in [0, 0.1) is 5.82 Å². The van der Waals surface area contributed by atoms with Crippen LogP contribution in [0.5, 0.6) is 0 Å². The van der Waals surface area contributed by atoms with Gasteiger partial charge in [-0.1, -0.05) is 23.7 Å². The second-order valence-corrected chi connectivity index (χ2v) is 3.63. The Bertz CT molecular complexity index is 499. The molecule has 0 bridgehead atoms. The molecule has 0 radical (unpaired) electrons. The summed E-state index contributed by atoms with van der Waals surface area (Å²) in [5, 5.41) is 0.595. The number of hydrogen-bond donors (Lipinski definition) is 1. The normalized spacial score (nSPS) is 10.4.